The van der Waals surface area contributed by atoms with Crippen molar-refractivity contribution < 1.29 is 40.5 Å². The van der Waals surface area contributed by atoms with Gasteiger partial charge in [0, 0.05) is 78.2 Å². The Hall–Kier alpha value is -5.26. The third kappa shape index (κ3) is 12.9. The number of hydrogen-bond acceptors (Lipinski definition) is 14. The Bertz CT molecular complexity index is 2960. The number of aromatic nitrogens is 4. The van der Waals surface area contributed by atoms with Crippen LogP contribution in [0.25, 0.3) is 32.2 Å². The van der Waals surface area contributed by atoms with Gasteiger partial charge in [0.2, 0.25) is 20.0 Å². The van der Waals surface area contributed by atoms with Gasteiger partial charge in [0.15, 0.2) is 0 Å². The first-order valence-corrected chi connectivity index (χ1v) is 26.9. The van der Waals surface area contributed by atoms with Gasteiger partial charge >= 0.3 is 0 Å². The predicted molar refractivity (Wildman–Crippen MR) is 267 cm³/mol. The molecule has 0 unspecified atom stereocenters. The summed E-state index contributed by atoms with van der Waals surface area (Å²) < 4.78 is 88.6. The third-order valence-corrected chi connectivity index (χ3v) is 16.5. The summed E-state index contributed by atoms with van der Waals surface area (Å²) >= 11 is 1.77. The fourth-order valence-corrected chi connectivity index (χ4v) is 11.9. The molecule has 3 N–H and O–H groups in total. The molecule has 0 radical (unpaired) electrons. The summed E-state index contributed by atoms with van der Waals surface area (Å²) in [5, 5.41) is 16.5. The van der Waals surface area contributed by atoms with E-state index < -0.39 is 20.0 Å². The predicted octanol–water partition coefficient (Wildman–Crippen LogP) is 6.24. The maximum atomic E-state index is 13.5. The minimum atomic E-state index is -3.87. The molecule has 17 nitrogen and oxygen atoms in total. The van der Waals surface area contributed by atoms with Gasteiger partial charge in [0.1, 0.15) is 18.1 Å². The van der Waals surface area contributed by atoms with Crippen molar-refractivity contribution in [1.82, 2.24) is 33.5 Å². The smallest absolute Gasteiger partial charge is 0.243 e. The fourth-order valence-electron chi connectivity index (χ4n) is 8.19. The molecule has 1 fully saturated rings. The lowest BCUT2D eigenvalue weighted by molar-refractivity contribution is -0.00245. The lowest BCUT2D eigenvalue weighted by Crippen LogP contribution is -2.37. The van der Waals surface area contributed by atoms with E-state index in [0.29, 0.717) is 83.0 Å². The molecule has 69 heavy (non-hydrogen) atoms. The number of rotatable bonds is 26. The maximum absolute atomic E-state index is 13.5. The SMILES string of the molecule is CCn1c2ccc(CNCCOCCOCCOCCOCCn3cc(COc4ccc(S(=O)(=O)N5CCCN(S(=O)(=O)c6cccc(N)c6)CC5)cc4)nn3)cc2c2ccc(-c3cccs3)cc21. The standard InChI is InChI=1S/C49H60N8O9S3/c1-2-57-47-16-9-38(32-46(47)45-15-10-39(33-48(45)57)49-8-4-31-67-49)35-51-17-23-62-25-27-64-29-30-65-28-26-63-24-22-54-36-41(52-53-54)37-66-42-11-13-43(14-12-42)68(58,59)55-18-5-19-56(21-20-55)69(60,61)44-7-3-6-40(50)34-44/h3-4,6-16,31-34,36,51H,2,5,17-30,35,37,50H2,1H3. The number of fused-ring (bicyclic) bond motifs is 3. The molecule has 1 aliphatic rings. The second-order valence-electron chi connectivity index (χ2n) is 16.4. The Morgan fingerprint density at radius 2 is 1.41 bits per heavy atom. The first-order valence-electron chi connectivity index (χ1n) is 23.2. The molecule has 1 saturated heterocycles. The summed E-state index contributed by atoms with van der Waals surface area (Å²) in [6, 6.07) is 30.1. The van der Waals surface area contributed by atoms with Gasteiger partial charge in [0.25, 0.3) is 0 Å². The Balaban J connectivity index is 0.635. The van der Waals surface area contributed by atoms with Gasteiger partial charge in [0.05, 0.1) is 75.4 Å². The van der Waals surface area contributed by atoms with Gasteiger partial charge in [-0.2, -0.15) is 8.61 Å². The van der Waals surface area contributed by atoms with Crippen LogP contribution in [0.5, 0.6) is 5.75 Å². The van der Waals surface area contributed by atoms with Crippen LogP contribution < -0.4 is 15.8 Å². The molecule has 0 amide bonds. The zero-order chi connectivity index (χ0) is 48.1. The summed E-state index contributed by atoms with van der Waals surface area (Å²) in [7, 11) is -7.69. The molecule has 20 heteroatoms. The molecule has 3 aromatic heterocycles. The van der Waals surface area contributed by atoms with E-state index in [1.165, 1.54) is 70.7 Å². The van der Waals surface area contributed by atoms with E-state index in [0.717, 1.165) is 19.6 Å². The number of nitrogens with one attached hydrogen (secondary N) is 1. The highest BCUT2D eigenvalue weighted by atomic mass is 32.2. The molecule has 0 bridgehead atoms. The lowest BCUT2D eigenvalue weighted by atomic mass is 10.1. The summed E-state index contributed by atoms with van der Waals surface area (Å²) in [6.45, 7) is 9.57. The van der Waals surface area contributed by atoms with E-state index >= 15 is 0 Å². The molecule has 0 atom stereocenters. The topological polar surface area (TPSA) is 195 Å². The first-order chi connectivity index (χ1) is 33.6. The monoisotopic (exact) mass is 1000 g/mol. The second-order valence-corrected chi connectivity index (χ2v) is 21.2. The number of thiophene rings is 1. The summed E-state index contributed by atoms with van der Waals surface area (Å²) in [6.07, 6.45) is 2.12. The van der Waals surface area contributed by atoms with Crippen molar-refractivity contribution in [1.29, 1.82) is 0 Å². The van der Waals surface area contributed by atoms with E-state index in [-0.39, 0.29) is 42.6 Å². The number of nitrogens with two attached hydrogens (primary N) is 1. The van der Waals surface area contributed by atoms with Crippen molar-refractivity contribution in [3.05, 3.63) is 120 Å². The van der Waals surface area contributed by atoms with Crippen molar-refractivity contribution >= 4 is 58.9 Å². The highest BCUT2D eigenvalue weighted by Crippen LogP contribution is 2.34. The normalized spacial score (nSPS) is 14.2. The minimum absolute atomic E-state index is 0.0227. The van der Waals surface area contributed by atoms with E-state index in [1.807, 2.05) is 0 Å². The number of sulfonamides is 2. The van der Waals surface area contributed by atoms with Gasteiger partial charge in [-0.15, -0.1) is 16.4 Å². The average molecular weight is 1000 g/mol. The Morgan fingerprint density at radius 1 is 0.696 bits per heavy atom. The molecule has 0 spiro atoms. The van der Waals surface area contributed by atoms with Crippen molar-refractivity contribution in [2.45, 2.75) is 49.4 Å². The molecule has 368 valence electrons. The highest BCUT2D eigenvalue weighted by Gasteiger charge is 2.32. The van der Waals surface area contributed by atoms with Crippen LogP contribution >= 0.6 is 11.3 Å². The van der Waals surface area contributed by atoms with E-state index in [4.69, 9.17) is 29.4 Å². The Kier molecular flexibility index (Phi) is 17.5. The lowest BCUT2D eigenvalue weighted by Gasteiger charge is -2.22. The molecular formula is C49H60N8O9S3. The van der Waals surface area contributed by atoms with E-state index in [2.05, 4.69) is 81.0 Å². The molecule has 0 saturated carbocycles. The molecule has 8 rings (SSSR count). The molecule has 4 aromatic carbocycles. The maximum Gasteiger partial charge on any atom is 0.243 e. The third-order valence-electron chi connectivity index (χ3n) is 11.7. The van der Waals surface area contributed by atoms with Crippen molar-refractivity contribution in [2.75, 3.05) is 91.3 Å². The molecule has 4 heterocycles. The molecule has 7 aromatic rings. The highest BCUT2D eigenvalue weighted by molar-refractivity contribution is 7.89. The molecule has 1 aliphatic heterocycles. The first kappa shape index (κ1) is 50.1. The Morgan fingerprint density at radius 3 is 2.10 bits per heavy atom. The van der Waals surface area contributed by atoms with Crippen molar-refractivity contribution in [2.24, 2.45) is 0 Å². The summed E-state index contributed by atoms with van der Waals surface area (Å²) in [5.74, 6) is 0.464. The van der Waals surface area contributed by atoms with Gasteiger partial charge in [-0.1, -0.05) is 35.5 Å². The van der Waals surface area contributed by atoms with Gasteiger partial charge in [-0.25, -0.2) is 21.5 Å². The number of hydrogen-bond donors (Lipinski definition) is 2. The number of ether oxygens (including phenoxy) is 5. The number of nitrogens with zero attached hydrogens (tertiary/aromatic N) is 6. The number of anilines is 1. The van der Waals surface area contributed by atoms with Crippen LogP contribution in [0.1, 0.15) is 24.6 Å². The fraction of sp³-hybridized carbons (Fsp3) is 0.388. The largest absolute Gasteiger partial charge is 0.487 e. The van der Waals surface area contributed by atoms with Crippen LogP contribution in [-0.4, -0.2) is 131 Å². The van der Waals surface area contributed by atoms with Crippen LogP contribution in [-0.2, 0) is 65.2 Å². The number of nitrogen functional groups attached to an aromatic ring is 1. The van der Waals surface area contributed by atoms with Gasteiger partial charge < -0.3 is 39.3 Å². The second kappa shape index (κ2) is 24.0. The van der Waals surface area contributed by atoms with Crippen LogP contribution in [0.4, 0.5) is 5.69 Å². The van der Waals surface area contributed by atoms with Crippen LogP contribution in [0.2, 0.25) is 0 Å². The average Bonchev–Trinajstić information content (AvgIpc) is 4.08. The van der Waals surface area contributed by atoms with Crippen LogP contribution in [0.15, 0.2) is 118 Å². The summed E-state index contributed by atoms with van der Waals surface area (Å²) in [4.78, 5) is 1.46. The quantitative estimate of drug-likeness (QED) is 0.0458. The Labute approximate surface area is 407 Å². The zero-order valence-electron chi connectivity index (χ0n) is 38.8. The van der Waals surface area contributed by atoms with E-state index in [9.17, 15) is 16.8 Å². The molecular weight excluding hydrogens is 941 g/mol. The summed E-state index contributed by atoms with van der Waals surface area (Å²) in [5.41, 5.74) is 11.8. The van der Waals surface area contributed by atoms with Crippen molar-refractivity contribution in [3.8, 4) is 16.2 Å². The van der Waals surface area contributed by atoms with Gasteiger partial charge in [-0.3, -0.25) is 0 Å². The number of aryl methyl sites for hydroxylation is 1. The van der Waals surface area contributed by atoms with Crippen LogP contribution in [0.3, 0.4) is 0 Å². The molecule has 0 aliphatic carbocycles. The minimum Gasteiger partial charge on any atom is -0.487 e. The van der Waals surface area contributed by atoms with E-state index in [1.54, 1.807) is 46.5 Å². The van der Waals surface area contributed by atoms with Crippen LogP contribution in [0, 0.1) is 0 Å². The number of benzene rings is 4. The van der Waals surface area contributed by atoms with Gasteiger partial charge in [-0.05, 0) is 96.6 Å². The van der Waals surface area contributed by atoms with Crippen molar-refractivity contribution in [3.63, 3.8) is 0 Å². The zero-order valence-corrected chi connectivity index (χ0v) is 41.2.